The van der Waals surface area contributed by atoms with Crippen LogP contribution in [0, 0.1) is 0 Å². The number of nitrogens with two attached hydrogens (primary N) is 1. The first kappa shape index (κ1) is 28.2. The molecule has 216 valence electrons. The SMILES string of the molecule is COc1cc2c(cc1-c1cncc(C(N)=O)c1)-c1c(c(C(=O)N(C)C3CCN(C)C3)nn1-c1cc(Cl)cc(Cl)c1)CC2. The molecule has 1 atom stereocenters. The van der Waals surface area contributed by atoms with Crippen LogP contribution in [0.5, 0.6) is 5.75 Å². The highest BCUT2D eigenvalue weighted by molar-refractivity contribution is 6.34. The van der Waals surface area contributed by atoms with Crippen LogP contribution < -0.4 is 10.5 Å². The zero-order valence-corrected chi connectivity index (χ0v) is 25.0. The van der Waals surface area contributed by atoms with E-state index in [9.17, 15) is 9.59 Å². The Morgan fingerprint density at radius 3 is 2.48 bits per heavy atom. The molecule has 2 amide bonds. The summed E-state index contributed by atoms with van der Waals surface area (Å²) in [7, 11) is 5.53. The van der Waals surface area contributed by atoms with E-state index < -0.39 is 5.91 Å². The highest BCUT2D eigenvalue weighted by atomic mass is 35.5. The maximum Gasteiger partial charge on any atom is 0.274 e. The van der Waals surface area contributed by atoms with Crippen LogP contribution in [0.15, 0.2) is 48.8 Å². The predicted molar refractivity (Wildman–Crippen MR) is 163 cm³/mol. The van der Waals surface area contributed by atoms with Crippen LogP contribution in [0.4, 0.5) is 0 Å². The number of methoxy groups -OCH3 is 1. The van der Waals surface area contributed by atoms with Gasteiger partial charge in [-0.1, -0.05) is 23.2 Å². The Morgan fingerprint density at radius 2 is 1.81 bits per heavy atom. The molecule has 42 heavy (non-hydrogen) atoms. The fraction of sp³-hybridized carbons (Fsp3) is 0.290. The van der Waals surface area contributed by atoms with Crippen molar-refractivity contribution in [2.24, 2.45) is 5.73 Å². The van der Waals surface area contributed by atoms with Gasteiger partial charge in [-0.3, -0.25) is 14.6 Å². The topological polar surface area (TPSA) is 107 Å². The molecule has 11 heteroatoms. The molecule has 0 spiro atoms. The number of aryl methyl sites for hydroxylation is 1. The molecule has 0 saturated carbocycles. The monoisotopic (exact) mass is 604 g/mol. The minimum Gasteiger partial charge on any atom is -0.496 e. The van der Waals surface area contributed by atoms with Crippen molar-refractivity contribution in [2.45, 2.75) is 25.3 Å². The van der Waals surface area contributed by atoms with Gasteiger partial charge < -0.3 is 20.3 Å². The van der Waals surface area contributed by atoms with E-state index in [4.69, 9.17) is 38.8 Å². The Hall–Kier alpha value is -3.92. The van der Waals surface area contributed by atoms with E-state index in [2.05, 4.69) is 16.9 Å². The van der Waals surface area contributed by atoms with Gasteiger partial charge in [-0.05, 0) is 74.8 Å². The molecule has 2 aromatic carbocycles. The quantitative estimate of drug-likeness (QED) is 0.336. The molecule has 1 aliphatic heterocycles. The standard InChI is InChI=1S/C31H30Cl2N6O3/c1-37-7-6-22(16-37)38(2)31(41)28-24-5-4-17-9-27(42-3)25(18-8-19(30(34)40)15-35-14-18)13-26(17)29(24)39(36-28)23-11-20(32)10-21(33)12-23/h8-15,22H,4-7,16H2,1-3H3,(H2,34,40). The number of hydrogen-bond acceptors (Lipinski definition) is 6. The second-order valence-electron chi connectivity index (χ2n) is 10.9. The molecule has 2 N–H and O–H groups in total. The lowest BCUT2D eigenvalue weighted by molar-refractivity contribution is 0.0730. The molecule has 1 unspecified atom stereocenters. The fourth-order valence-corrected chi connectivity index (χ4v) is 6.48. The number of likely N-dealkylation sites (tertiary alicyclic amines) is 1. The summed E-state index contributed by atoms with van der Waals surface area (Å²) in [5, 5.41) is 5.85. The van der Waals surface area contributed by atoms with Gasteiger partial charge in [0.05, 0.1) is 24.1 Å². The molecule has 4 aromatic rings. The number of primary amides is 1. The molecular formula is C31H30Cl2N6O3. The average Bonchev–Trinajstić information content (AvgIpc) is 3.59. The number of amides is 2. The minimum atomic E-state index is -0.569. The Bertz CT molecular complexity index is 1720. The van der Waals surface area contributed by atoms with E-state index in [1.165, 1.54) is 6.20 Å². The van der Waals surface area contributed by atoms with Gasteiger partial charge in [0.1, 0.15) is 5.75 Å². The lowest BCUT2D eigenvalue weighted by Gasteiger charge is -2.25. The van der Waals surface area contributed by atoms with Crippen molar-refractivity contribution in [1.29, 1.82) is 0 Å². The maximum atomic E-state index is 14.0. The zero-order valence-electron chi connectivity index (χ0n) is 23.5. The summed E-state index contributed by atoms with van der Waals surface area (Å²) >= 11 is 12.8. The number of nitrogens with zero attached hydrogens (tertiary/aromatic N) is 5. The zero-order chi connectivity index (χ0) is 29.7. The third-order valence-corrected chi connectivity index (χ3v) is 8.61. The summed E-state index contributed by atoms with van der Waals surface area (Å²) in [6, 6.07) is 11.0. The van der Waals surface area contributed by atoms with Crippen molar-refractivity contribution in [3.05, 3.63) is 81.2 Å². The van der Waals surface area contributed by atoms with Gasteiger partial charge in [-0.2, -0.15) is 5.10 Å². The number of benzene rings is 2. The molecule has 0 radical (unpaired) electrons. The van der Waals surface area contributed by atoms with Crippen LogP contribution in [0.1, 0.15) is 38.4 Å². The second kappa shape index (κ2) is 11.1. The van der Waals surface area contributed by atoms with Crippen molar-refractivity contribution in [3.63, 3.8) is 0 Å². The number of halogens is 2. The van der Waals surface area contributed by atoms with Gasteiger partial charge in [0, 0.05) is 64.3 Å². The smallest absolute Gasteiger partial charge is 0.274 e. The van der Waals surface area contributed by atoms with Crippen LogP contribution in [-0.2, 0) is 12.8 Å². The second-order valence-corrected chi connectivity index (χ2v) is 11.7. The van der Waals surface area contributed by atoms with Crippen molar-refractivity contribution < 1.29 is 14.3 Å². The largest absolute Gasteiger partial charge is 0.496 e. The summed E-state index contributed by atoms with van der Waals surface area (Å²) in [5.74, 6) is -0.0481. The van der Waals surface area contributed by atoms with Gasteiger partial charge in [-0.25, -0.2) is 4.68 Å². The minimum absolute atomic E-state index is 0.112. The molecule has 3 heterocycles. The van der Waals surface area contributed by atoms with Crippen LogP contribution in [0.25, 0.3) is 28.1 Å². The highest BCUT2D eigenvalue weighted by Crippen LogP contribution is 2.43. The first-order valence-corrected chi connectivity index (χ1v) is 14.4. The third-order valence-electron chi connectivity index (χ3n) is 8.17. The molecule has 2 aromatic heterocycles. The van der Waals surface area contributed by atoms with E-state index in [1.54, 1.807) is 42.3 Å². The summed E-state index contributed by atoms with van der Waals surface area (Å²) in [4.78, 5) is 34.2. The molecular weight excluding hydrogens is 575 g/mol. The Kier molecular flexibility index (Phi) is 7.43. The van der Waals surface area contributed by atoms with E-state index in [1.807, 2.05) is 24.1 Å². The molecule has 2 aliphatic rings. The van der Waals surface area contributed by atoms with Crippen LogP contribution in [0.2, 0.25) is 10.0 Å². The van der Waals surface area contributed by atoms with E-state index in [0.29, 0.717) is 51.1 Å². The summed E-state index contributed by atoms with van der Waals surface area (Å²) in [5.41, 5.74) is 11.9. The Balaban J connectivity index is 1.56. The van der Waals surface area contributed by atoms with Gasteiger partial charge in [0.25, 0.3) is 5.91 Å². The molecule has 0 bridgehead atoms. The number of hydrogen-bond donors (Lipinski definition) is 1. The van der Waals surface area contributed by atoms with Crippen LogP contribution in [0.3, 0.4) is 0 Å². The number of likely N-dealkylation sites (N-methyl/N-ethyl adjacent to an activating group) is 2. The van der Waals surface area contributed by atoms with Gasteiger partial charge in [0.2, 0.25) is 5.91 Å². The summed E-state index contributed by atoms with van der Waals surface area (Å²) in [6.45, 7) is 1.76. The molecule has 6 rings (SSSR count). The number of aromatic nitrogens is 3. The summed E-state index contributed by atoms with van der Waals surface area (Å²) in [6.07, 6.45) is 5.32. The van der Waals surface area contributed by atoms with Crippen molar-refractivity contribution in [2.75, 3.05) is 34.3 Å². The highest BCUT2D eigenvalue weighted by Gasteiger charge is 2.34. The number of pyridine rings is 1. The fourth-order valence-electron chi connectivity index (χ4n) is 5.97. The number of carbonyl (C=O) groups is 2. The van der Waals surface area contributed by atoms with E-state index in [0.717, 1.165) is 47.5 Å². The molecule has 1 fully saturated rings. The van der Waals surface area contributed by atoms with Gasteiger partial charge in [-0.15, -0.1) is 0 Å². The Morgan fingerprint density at radius 1 is 1.05 bits per heavy atom. The van der Waals surface area contributed by atoms with E-state index >= 15 is 0 Å². The number of fused-ring (bicyclic) bond motifs is 3. The first-order valence-electron chi connectivity index (χ1n) is 13.6. The molecule has 1 aliphatic carbocycles. The number of rotatable bonds is 6. The normalized spacial score (nSPS) is 16.2. The van der Waals surface area contributed by atoms with Crippen LogP contribution in [-0.4, -0.2) is 76.7 Å². The van der Waals surface area contributed by atoms with Gasteiger partial charge >= 0.3 is 0 Å². The predicted octanol–water partition coefficient (Wildman–Crippen LogP) is 4.89. The number of carbonyl (C=O) groups excluding carboxylic acids is 2. The third kappa shape index (κ3) is 5.02. The molecule has 9 nitrogen and oxygen atoms in total. The van der Waals surface area contributed by atoms with Crippen molar-refractivity contribution >= 4 is 35.0 Å². The van der Waals surface area contributed by atoms with Crippen LogP contribution >= 0.6 is 23.2 Å². The van der Waals surface area contributed by atoms with Crippen molar-refractivity contribution in [3.8, 4) is 33.8 Å². The van der Waals surface area contributed by atoms with Crippen molar-refractivity contribution in [1.82, 2.24) is 24.6 Å². The summed E-state index contributed by atoms with van der Waals surface area (Å²) < 4.78 is 7.54. The Labute approximate surface area is 253 Å². The lowest BCUT2D eigenvalue weighted by atomic mass is 9.86. The maximum absolute atomic E-state index is 14.0. The van der Waals surface area contributed by atoms with Gasteiger partial charge in [0.15, 0.2) is 5.69 Å². The van der Waals surface area contributed by atoms with E-state index in [-0.39, 0.29) is 11.9 Å². The lowest BCUT2D eigenvalue weighted by Crippen LogP contribution is -2.39. The number of ether oxygens (including phenoxy) is 1. The average molecular weight is 606 g/mol. The first-order chi connectivity index (χ1) is 20.1. The molecule has 1 saturated heterocycles.